The van der Waals surface area contributed by atoms with Crippen molar-refractivity contribution in [1.29, 1.82) is 0 Å². The number of carbonyl (C=O) groups excluding carboxylic acids is 1. The number of amides is 1. The molecule has 1 amide bonds. The van der Waals surface area contributed by atoms with Crippen LogP contribution in [0.1, 0.15) is 54.9 Å². The molecule has 2 aliphatic heterocycles. The monoisotopic (exact) mass is 414 g/mol. The highest BCUT2D eigenvalue weighted by atomic mass is 32.2. The van der Waals surface area contributed by atoms with Gasteiger partial charge in [-0.25, -0.2) is 8.42 Å². The summed E-state index contributed by atoms with van der Waals surface area (Å²) in [6.45, 7) is 5.21. The summed E-state index contributed by atoms with van der Waals surface area (Å²) >= 11 is 0. The van der Waals surface area contributed by atoms with Crippen molar-refractivity contribution >= 4 is 21.6 Å². The van der Waals surface area contributed by atoms with Crippen LogP contribution in [0, 0.1) is 0 Å². The minimum absolute atomic E-state index is 0.0261. The molecule has 0 bridgehead atoms. The van der Waals surface area contributed by atoms with Crippen molar-refractivity contribution < 1.29 is 17.9 Å². The molecule has 2 heterocycles. The van der Waals surface area contributed by atoms with Gasteiger partial charge in [-0.3, -0.25) is 4.79 Å². The third kappa shape index (κ3) is 3.76. The Bertz CT molecular complexity index is 1010. The van der Waals surface area contributed by atoms with Gasteiger partial charge in [-0.2, -0.15) is 4.31 Å². The van der Waals surface area contributed by atoms with E-state index in [-0.39, 0.29) is 22.8 Å². The lowest BCUT2D eigenvalue weighted by Gasteiger charge is -2.25. The molecule has 0 radical (unpaired) electrons. The summed E-state index contributed by atoms with van der Waals surface area (Å²) in [7, 11) is -3.48. The number of nitrogens with zero attached hydrogens (tertiary/aromatic N) is 1. The van der Waals surface area contributed by atoms with Crippen LogP contribution in [0.15, 0.2) is 47.4 Å². The maximum atomic E-state index is 12.8. The predicted molar refractivity (Wildman–Crippen MR) is 112 cm³/mol. The maximum Gasteiger partial charge on any atom is 0.259 e. The van der Waals surface area contributed by atoms with Crippen LogP contribution >= 0.6 is 0 Å². The number of carbonyl (C=O) groups is 1. The van der Waals surface area contributed by atoms with Crippen molar-refractivity contribution in [2.24, 2.45) is 0 Å². The molecule has 2 atom stereocenters. The van der Waals surface area contributed by atoms with Crippen LogP contribution in [0.4, 0.5) is 5.69 Å². The van der Waals surface area contributed by atoms with E-state index in [0.717, 1.165) is 24.8 Å². The minimum atomic E-state index is -3.48. The minimum Gasteiger partial charge on any atom is -0.489 e. The Hall–Kier alpha value is -2.38. The highest BCUT2D eigenvalue weighted by molar-refractivity contribution is 7.89. The van der Waals surface area contributed by atoms with Gasteiger partial charge in [0.05, 0.1) is 10.5 Å². The fraction of sp³-hybridized carbons (Fsp3) is 0.409. The van der Waals surface area contributed by atoms with Gasteiger partial charge in [0.25, 0.3) is 5.91 Å². The summed E-state index contributed by atoms with van der Waals surface area (Å²) in [5.41, 5.74) is 2.07. The number of ether oxygens (including phenoxy) is 1. The van der Waals surface area contributed by atoms with Crippen molar-refractivity contribution in [1.82, 2.24) is 4.31 Å². The number of anilines is 1. The quantitative estimate of drug-likeness (QED) is 0.821. The fourth-order valence-corrected chi connectivity index (χ4v) is 5.44. The van der Waals surface area contributed by atoms with E-state index < -0.39 is 10.0 Å². The molecule has 29 heavy (non-hydrogen) atoms. The zero-order valence-electron chi connectivity index (χ0n) is 16.7. The molecule has 0 unspecified atom stereocenters. The number of hydrogen-bond acceptors (Lipinski definition) is 4. The van der Waals surface area contributed by atoms with Crippen LogP contribution in [0.5, 0.6) is 5.75 Å². The Morgan fingerprint density at radius 1 is 1.03 bits per heavy atom. The maximum absolute atomic E-state index is 12.8. The van der Waals surface area contributed by atoms with E-state index >= 15 is 0 Å². The summed E-state index contributed by atoms with van der Waals surface area (Å²) in [4.78, 5) is 13.1. The molecule has 2 aliphatic rings. The van der Waals surface area contributed by atoms with Gasteiger partial charge in [-0.1, -0.05) is 25.5 Å². The molecule has 0 spiro atoms. The fourth-order valence-electron chi connectivity index (χ4n) is 3.93. The van der Waals surface area contributed by atoms with Gasteiger partial charge >= 0.3 is 0 Å². The van der Waals surface area contributed by atoms with Gasteiger partial charge in [0.15, 0.2) is 0 Å². The summed E-state index contributed by atoms with van der Waals surface area (Å²) in [5, 5.41) is 2.85. The van der Waals surface area contributed by atoms with Crippen LogP contribution in [-0.4, -0.2) is 37.8 Å². The number of benzene rings is 2. The molecule has 154 valence electrons. The first kappa shape index (κ1) is 19.9. The number of rotatable bonds is 4. The Morgan fingerprint density at radius 3 is 2.41 bits per heavy atom. The molecule has 6 nitrogen and oxygen atoms in total. The molecular formula is C22H26N2O4S. The summed E-state index contributed by atoms with van der Waals surface area (Å²) in [6.07, 6.45) is 2.89. The van der Waals surface area contributed by atoms with Crippen molar-refractivity contribution in [3.05, 3.63) is 53.6 Å². The first-order valence-corrected chi connectivity index (χ1v) is 11.5. The zero-order valence-corrected chi connectivity index (χ0v) is 17.5. The van der Waals surface area contributed by atoms with Gasteiger partial charge in [-0.15, -0.1) is 0 Å². The molecule has 1 N–H and O–H groups in total. The van der Waals surface area contributed by atoms with E-state index in [1.165, 1.54) is 4.31 Å². The molecule has 0 aromatic heterocycles. The number of piperidine rings is 1. The second kappa shape index (κ2) is 7.80. The molecule has 0 aliphatic carbocycles. The van der Waals surface area contributed by atoms with Crippen LogP contribution in [0.3, 0.4) is 0 Å². The van der Waals surface area contributed by atoms with E-state index in [4.69, 9.17) is 4.74 Å². The first-order valence-electron chi connectivity index (χ1n) is 10.1. The summed E-state index contributed by atoms with van der Waals surface area (Å²) in [5.74, 6) is 0.598. The topological polar surface area (TPSA) is 75.7 Å². The van der Waals surface area contributed by atoms with Gasteiger partial charge in [0.2, 0.25) is 10.0 Å². The smallest absolute Gasteiger partial charge is 0.259 e. The van der Waals surface area contributed by atoms with Crippen molar-refractivity contribution in [2.45, 2.75) is 50.0 Å². The summed E-state index contributed by atoms with van der Waals surface area (Å²) < 4.78 is 32.9. The average molecular weight is 415 g/mol. The number of sulfonamides is 1. The Labute approximate surface area is 171 Å². The Balaban J connectivity index is 1.51. The second-order valence-electron chi connectivity index (χ2n) is 7.78. The predicted octanol–water partition coefficient (Wildman–Crippen LogP) is 4.00. The van der Waals surface area contributed by atoms with E-state index in [0.29, 0.717) is 30.1 Å². The van der Waals surface area contributed by atoms with E-state index in [9.17, 15) is 13.2 Å². The Morgan fingerprint density at radius 2 is 1.72 bits per heavy atom. The SMILES string of the molecule is C[C@@H]1Oc2c(C(=O)Nc3ccc(S(=O)(=O)N4CCCCC4)cc3)cccc2[C@@H]1C. The lowest BCUT2D eigenvalue weighted by Crippen LogP contribution is -2.35. The van der Waals surface area contributed by atoms with Crippen LogP contribution in [-0.2, 0) is 10.0 Å². The highest BCUT2D eigenvalue weighted by Gasteiger charge is 2.31. The molecule has 2 aromatic carbocycles. The number of fused-ring (bicyclic) bond motifs is 1. The number of nitrogens with one attached hydrogen (secondary N) is 1. The van der Waals surface area contributed by atoms with Crippen LogP contribution < -0.4 is 10.1 Å². The lowest BCUT2D eigenvalue weighted by molar-refractivity contribution is 0.102. The zero-order chi connectivity index (χ0) is 20.6. The molecule has 1 saturated heterocycles. The standard InChI is InChI=1S/C22H26N2O4S/c1-15-16(2)28-21-19(15)7-6-8-20(21)22(25)23-17-9-11-18(12-10-17)29(26,27)24-13-4-3-5-14-24/h6-12,15-16H,3-5,13-14H2,1-2H3,(H,23,25)/t15-,16+/m1/s1. The van der Waals surface area contributed by atoms with E-state index in [1.807, 2.05) is 19.1 Å². The van der Waals surface area contributed by atoms with Gasteiger partial charge in [0, 0.05) is 30.3 Å². The van der Waals surface area contributed by atoms with E-state index in [2.05, 4.69) is 12.2 Å². The molecule has 7 heteroatoms. The average Bonchev–Trinajstić information content (AvgIpc) is 3.03. The Kier molecular flexibility index (Phi) is 5.36. The van der Waals surface area contributed by atoms with Gasteiger partial charge in [0.1, 0.15) is 11.9 Å². The third-order valence-corrected chi connectivity index (χ3v) is 7.77. The van der Waals surface area contributed by atoms with Crippen LogP contribution in [0.25, 0.3) is 0 Å². The second-order valence-corrected chi connectivity index (χ2v) is 9.72. The van der Waals surface area contributed by atoms with Crippen molar-refractivity contribution in [2.75, 3.05) is 18.4 Å². The van der Waals surface area contributed by atoms with E-state index in [1.54, 1.807) is 30.3 Å². The molecule has 2 aromatic rings. The third-order valence-electron chi connectivity index (χ3n) is 5.85. The highest BCUT2D eigenvalue weighted by Crippen LogP contribution is 2.40. The number of para-hydroxylation sites is 1. The normalized spacial score (nSPS) is 22.0. The van der Waals surface area contributed by atoms with Crippen molar-refractivity contribution in [3.8, 4) is 5.75 Å². The number of hydrogen-bond donors (Lipinski definition) is 1. The summed E-state index contributed by atoms with van der Waals surface area (Å²) in [6, 6.07) is 12.0. The molecule has 4 rings (SSSR count). The molecule has 0 saturated carbocycles. The first-order chi connectivity index (χ1) is 13.9. The van der Waals surface area contributed by atoms with Crippen molar-refractivity contribution in [3.63, 3.8) is 0 Å². The largest absolute Gasteiger partial charge is 0.489 e. The van der Waals surface area contributed by atoms with Gasteiger partial charge < -0.3 is 10.1 Å². The molecule has 1 fully saturated rings. The lowest BCUT2D eigenvalue weighted by atomic mass is 9.97. The van der Waals surface area contributed by atoms with Gasteiger partial charge in [-0.05, 0) is 50.1 Å². The van der Waals surface area contributed by atoms with Crippen LogP contribution in [0.2, 0.25) is 0 Å². The molecular weight excluding hydrogens is 388 g/mol.